The lowest BCUT2D eigenvalue weighted by atomic mass is 10.2. The molecule has 2 rings (SSSR count). The van der Waals surface area contributed by atoms with Crippen molar-refractivity contribution < 1.29 is 14.3 Å². The zero-order valence-corrected chi connectivity index (χ0v) is 14.4. The fourth-order valence-electron chi connectivity index (χ4n) is 2.95. The Morgan fingerprint density at radius 3 is 2.43 bits per heavy atom. The van der Waals surface area contributed by atoms with Crippen LogP contribution in [0.2, 0.25) is 0 Å². The molecular weight excluding hydrogens is 294 g/mol. The number of aromatic nitrogens is 2. The van der Waals surface area contributed by atoms with Gasteiger partial charge in [0.05, 0.1) is 18.7 Å². The van der Waals surface area contributed by atoms with Gasteiger partial charge in [0.25, 0.3) is 5.91 Å². The van der Waals surface area contributed by atoms with Gasteiger partial charge in [-0.25, -0.2) is 0 Å². The van der Waals surface area contributed by atoms with Crippen molar-refractivity contribution >= 4 is 11.9 Å². The van der Waals surface area contributed by atoms with Crippen LogP contribution in [0.4, 0.5) is 0 Å². The van der Waals surface area contributed by atoms with E-state index < -0.39 is 6.10 Å². The zero-order valence-electron chi connectivity index (χ0n) is 14.4. The lowest BCUT2D eigenvalue weighted by Gasteiger charge is -2.24. The van der Waals surface area contributed by atoms with E-state index in [0.29, 0.717) is 6.54 Å². The molecule has 0 radical (unpaired) electrons. The van der Waals surface area contributed by atoms with Crippen LogP contribution in [0.25, 0.3) is 0 Å². The molecule has 0 N–H and O–H groups in total. The molecule has 1 saturated heterocycles. The summed E-state index contributed by atoms with van der Waals surface area (Å²) in [6.07, 6.45) is 3.91. The number of amides is 1. The van der Waals surface area contributed by atoms with Gasteiger partial charge in [-0.05, 0) is 39.7 Å². The zero-order chi connectivity index (χ0) is 16.8. The molecule has 0 aromatic carbocycles. The van der Waals surface area contributed by atoms with E-state index in [-0.39, 0.29) is 18.3 Å². The number of aryl methyl sites for hydroxylation is 3. The van der Waals surface area contributed by atoms with E-state index in [9.17, 15) is 9.59 Å². The monoisotopic (exact) mass is 321 g/mol. The van der Waals surface area contributed by atoms with Crippen molar-refractivity contribution in [1.82, 2.24) is 14.7 Å². The number of esters is 1. The van der Waals surface area contributed by atoms with Gasteiger partial charge in [-0.3, -0.25) is 14.3 Å². The first kappa shape index (κ1) is 17.5. The number of carbonyl (C=O) groups is 2. The van der Waals surface area contributed by atoms with Gasteiger partial charge in [0, 0.05) is 18.8 Å². The highest BCUT2D eigenvalue weighted by Crippen LogP contribution is 2.12. The molecule has 1 atom stereocenters. The summed E-state index contributed by atoms with van der Waals surface area (Å²) in [7, 11) is 0. The van der Waals surface area contributed by atoms with Gasteiger partial charge in [0.2, 0.25) is 0 Å². The molecule has 23 heavy (non-hydrogen) atoms. The van der Waals surface area contributed by atoms with Gasteiger partial charge < -0.3 is 9.64 Å². The van der Waals surface area contributed by atoms with Crippen LogP contribution in [0, 0.1) is 13.8 Å². The molecule has 1 aliphatic heterocycles. The highest BCUT2D eigenvalue weighted by molar-refractivity contribution is 5.83. The molecule has 0 aliphatic carbocycles. The maximum absolute atomic E-state index is 12.3. The standard InChI is InChI=1S/C17H27N3O3/c1-13-12-14(2)20(18-13)11-8-16(21)23-15(3)17(22)19-9-6-4-5-7-10-19/h12,15H,4-11H2,1-3H3. The Morgan fingerprint density at radius 1 is 1.22 bits per heavy atom. The maximum Gasteiger partial charge on any atom is 0.308 e. The van der Waals surface area contributed by atoms with E-state index in [1.165, 1.54) is 12.8 Å². The highest BCUT2D eigenvalue weighted by Gasteiger charge is 2.24. The molecule has 6 nitrogen and oxygen atoms in total. The molecule has 1 fully saturated rings. The molecule has 1 aliphatic rings. The molecule has 0 saturated carbocycles. The second kappa shape index (κ2) is 8.13. The summed E-state index contributed by atoms with van der Waals surface area (Å²) in [5.41, 5.74) is 1.95. The van der Waals surface area contributed by atoms with E-state index >= 15 is 0 Å². The Labute approximate surface area is 137 Å². The van der Waals surface area contributed by atoms with Crippen LogP contribution in [0.3, 0.4) is 0 Å². The molecule has 0 spiro atoms. The van der Waals surface area contributed by atoms with Crippen molar-refractivity contribution in [3.05, 3.63) is 17.5 Å². The van der Waals surface area contributed by atoms with E-state index in [2.05, 4.69) is 5.10 Å². The average molecular weight is 321 g/mol. The van der Waals surface area contributed by atoms with Crippen LogP contribution >= 0.6 is 0 Å². The van der Waals surface area contributed by atoms with Crippen LogP contribution < -0.4 is 0 Å². The SMILES string of the molecule is Cc1cc(C)n(CCC(=O)OC(C)C(=O)N2CCCCCC2)n1. The number of rotatable bonds is 5. The Hall–Kier alpha value is -1.85. The van der Waals surface area contributed by atoms with Crippen molar-refractivity contribution in [2.45, 2.75) is 65.5 Å². The minimum absolute atomic E-state index is 0.0774. The third-order valence-corrected chi connectivity index (χ3v) is 4.20. The summed E-state index contributed by atoms with van der Waals surface area (Å²) in [5.74, 6) is -0.431. The first-order chi connectivity index (χ1) is 11.0. The largest absolute Gasteiger partial charge is 0.452 e. The van der Waals surface area contributed by atoms with Crippen molar-refractivity contribution in [3.8, 4) is 0 Å². The molecule has 1 aromatic heterocycles. The predicted molar refractivity (Wildman–Crippen MR) is 86.9 cm³/mol. The molecule has 6 heteroatoms. The van der Waals surface area contributed by atoms with Gasteiger partial charge in [-0.1, -0.05) is 12.8 Å². The fourth-order valence-corrected chi connectivity index (χ4v) is 2.95. The van der Waals surface area contributed by atoms with E-state index in [1.54, 1.807) is 11.6 Å². The minimum Gasteiger partial charge on any atom is -0.452 e. The number of hydrogen-bond acceptors (Lipinski definition) is 4. The molecule has 0 bridgehead atoms. The Morgan fingerprint density at radius 2 is 1.87 bits per heavy atom. The van der Waals surface area contributed by atoms with E-state index in [1.807, 2.05) is 24.8 Å². The Balaban J connectivity index is 1.79. The lowest BCUT2D eigenvalue weighted by molar-refractivity contribution is -0.159. The number of likely N-dealkylation sites (tertiary alicyclic amines) is 1. The topological polar surface area (TPSA) is 64.4 Å². The highest BCUT2D eigenvalue weighted by atomic mass is 16.5. The number of ether oxygens (including phenoxy) is 1. The van der Waals surface area contributed by atoms with Gasteiger partial charge in [0.15, 0.2) is 6.10 Å². The average Bonchev–Trinajstić information content (AvgIpc) is 2.71. The van der Waals surface area contributed by atoms with E-state index in [4.69, 9.17) is 4.74 Å². The van der Waals surface area contributed by atoms with Crippen LogP contribution in [-0.2, 0) is 20.9 Å². The summed E-state index contributed by atoms with van der Waals surface area (Å²) in [6.45, 7) is 7.55. The van der Waals surface area contributed by atoms with Crippen LogP contribution in [0.5, 0.6) is 0 Å². The smallest absolute Gasteiger partial charge is 0.308 e. The predicted octanol–water partition coefficient (Wildman–Crippen LogP) is 2.22. The van der Waals surface area contributed by atoms with Crippen molar-refractivity contribution in [2.75, 3.05) is 13.1 Å². The number of carbonyl (C=O) groups excluding carboxylic acids is 2. The molecule has 1 unspecified atom stereocenters. The summed E-state index contributed by atoms with van der Waals surface area (Å²) in [5, 5.41) is 4.31. The normalized spacial score (nSPS) is 16.7. The second-order valence-electron chi connectivity index (χ2n) is 6.27. The summed E-state index contributed by atoms with van der Waals surface area (Å²) in [6, 6.07) is 1.97. The Kier molecular flexibility index (Phi) is 6.19. The van der Waals surface area contributed by atoms with Crippen LogP contribution in [0.1, 0.15) is 50.4 Å². The van der Waals surface area contributed by atoms with Gasteiger partial charge in [-0.15, -0.1) is 0 Å². The molecule has 128 valence electrons. The first-order valence-electron chi connectivity index (χ1n) is 8.46. The summed E-state index contributed by atoms with van der Waals surface area (Å²) in [4.78, 5) is 26.1. The van der Waals surface area contributed by atoms with Gasteiger partial charge in [0.1, 0.15) is 0 Å². The second-order valence-corrected chi connectivity index (χ2v) is 6.27. The van der Waals surface area contributed by atoms with Gasteiger partial charge in [-0.2, -0.15) is 5.10 Å². The van der Waals surface area contributed by atoms with Crippen LogP contribution in [-0.4, -0.2) is 45.8 Å². The number of hydrogen-bond donors (Lipinski definition) is 0. The fraction of sp³-hybridized carbons (Fsp3) is 0.706. The molecular formula is C17H27N3O3. The third-order valence-electron chi connectivity index (χ3n) is 4.20. The first-order valence-corrected chi connectivity index (χ1v) is 8.46. The van der Waals surface area contributed by atoms with Gasteiger partial charge >= 0.3 is 5.97 Å². The van der Waals surface area contributed by atoms with Crippen LogP contribution in [0.15, 0.2) is 6.07 Å². The van der Waals surface area contributed by atoms with Crippen molar-refractivity contribution in [2.24, 2.45) is 0 Å². The lowest BCUT2D eigenvalue weighted by Crippen LogP contribution is -2.40. The van der Waals surface area contributed by atoms with Crippen molar-refractivity contribution in [3.63, 3.8) is 0 Å². The summed E-state index contributed by atoms with van der Waals surface area (Å²) < 4.78 is 7.09. The summed E-state index contributed by atoms with van der Waals surface area (Å²) >= 11 is 0. The number of nitrogens with zero attached hydrogens (tertiary/aromatic N) is 3. The molecule has 2 heterocycles. The minimum atomic E-state index is -0.707. The molecule has 1 amide bonds. The third kappa shape index (κ3) is 5.08. The van der Waals surface area contributed by atoms with E-state index in [0.717, 1.165) is 37.3 Å². The quantitative estimate of drug-likeness (QED) is 0.780. The van der Waals surface area contributed by atoms with Crippen molar-refractivity contribution in [1.29, 1.82) is 0 Å². The Bertz CT molecular complexity index is 545. The molecule has 1 aromatic rings. The maximum atomic E-state index is 12.3.